The van der Waals surface area contributed by atoms with Gasteiger partial charge in [-0.05, 0) is 19.3 Å². The van der Waals surface area contributed by atoms with Gasteiger partial charge in [-0.1, -0.05) is 111 Å². The van der Waals surface area contributed by atoms with Crippen molar-refractivity contribution in [2.24, 2.45) is 11.7 Å². The molecule has 0 aliphatic carbocycles. The van der Waals surface area contributed by atoms with E-state index in [-0.39, 0.29) is 11.9 Å². The lowest BCUT2D eigenvalue weighted by atomic mass is 10.0. The minimum atomic E-state index is -0.427. The third-order valence-electron chi connectivity index (χ3n) is 5.77. The van der Waals surface area contributed by atoms with Crippen LogP contribution < -0.4 is 5.73 Å². The van der Waals surface area contributed by atoms with Gasteiger partial charge in [0.05, 0.1) is 0 Å². The lowest BCUT2D eigenvalue weighted by Gasteiger charge is -2.21. The number of hydrogen-bond acceptors (Lipinski definition) is 3. The molecule has 162 valence electrons. The fourth-order valence-corrected chi connectivity index (χ4v) is 3.70. The maximum atomic E-state index is 11.8. The maximum absolute atomic E-state index is 11.8. The first-order valence-electron chi connectivity index (χ1n) is 12.1. The third kappa shape index (κ3) is 17.3. The smallest absolute Gasteiger partial charge is 0.307 e. The van der Waals surface area contributed by atoms with Crippen LogP contribution in [0.4, 0.5) is 0 Å². The summed E-state index contributed by atoms with van der Waals surface area (Å²) >= 11 is 0. The van der Waals surface area contributed by atoms with Crippen molar-refractivity contribution in [1.82, 2.24) is 0 Å². The zero-order valence-electron chi connectivity index (χ0n) is 18.8. The molecule has 0 radical (unpaired) electrons. The molecule has 27 heavy (non-hydrogen) atoms. The van der Waals surface area contributed by atoms with Gasteiger partial charge < -0.3 is 4.74 Å². The zero-order valence-corrected chi connectivity index (χ0v) is 18.8. The lowest BCUT2D eigenvalue weighted by molar-refractivity contribution is -0.151. The van der Waals surface area contributed by atoms with Crippen LogP contribution in [0.2, 0.25) is 0 Å². The van der Waals surface area contributed by atoms with Crippen LogP contribution in [0.5, 0.6) is 0 Å². The zero-order chi connectivity index (χ0) is 20.2. The molecular formula is C24H49NO2. The number of carbonyl (C=O) groups excluding carboxylic acids is 1. The lowest BCUT2D eigenvalue weighted by Crippen LogP contribution is -2.34. The van der Waals surface area contributed by atoms with Crippen LogP contribution in [0.25, 0.3) is 0 Å². The Balaban J connectivity index is 3.30. The van der Waals surface area contributed by atoms with E-state index in [0.717, 1.165) is 25.7 Å². The Morgan fingerprint density at radius 2 is 1.04 bits per heavy atom. The summed E-state index contributed by atoms with van der Waals surface area (Å²) in [5.74, 6) is 0.166. The first-order chi connectivity index (χ1) is 13.2. The van der Waals surface area contributed by atoms with Gasteiger partial charge >= 0.3 is 5.97 Å². The molecule has 0 spiro atoms. The highest BCUT2D eigenvalue weighted by atomic mass is 16.6. The van der Waals surface area contributed by atoms with E-state index in [9.17, 15) is 4.79 Å². The Bertz CT molecular complexity index is 316. The van der Waals surface area contributed by atoms with Crippen molar-refractivity contribution >= 4 is 5.97 Å². The summed E-state index contributed by atoms with van der Waals surface area (Å²) in [6.07, 6.45) is 22.1. The number of ether oxygens (including phenoxy) is 1. The van der Waals surface area contributed by atoms with Crippen LogP contribution in [-0.2, 0) is 9.53 Å². The fraction of sp³-hybridized carbons (Fsp3) is 0.958. The van der Waals surface area contributed by atoms with Gasteiger partial charge in [0.25, 0.3) is 0 Å². The van der Waals surface area contributed by atoms with E-state index in [4.69, 9.17) is 10.5 Å². The van der Waals surface area contributed by atoms with Crippen LogP contribution in [0.1, 0.15) is 136 Å². The third-order valence-corrected chi connectivity index (χ3v) is 5.77. The predicted molar refractivity (Wildman–Crippen MR) is 118 cm³/mol. The molecule has 0 bridgehead atoms. The molecule has 0 saturated heterocycles. The van der Waals surface area contributed by atoms with Crippen molar-refractivity contribution in [3.63, 3.8) is 0 Å². The molecule has 3 nitrogen and oxygen atoms in total. The maximum Gasteiger partial charge on any atom is 0.307 e. The normalized spacial score (nSPS) is 12.5. The van der Waals surface area contributed by atoms with E-state index in [2.05, 4.69) is 20.8 Å². The molecule has 0 aliphatic heterocycles. The minimum absolute atomic E-state index is 0.121. The Morgan fingerprint density at radius 1 is 0.667 bits per heavy atom. The van der Waals surface area contributed by atoms with E-state index < -0.39 is 6.23 Å². The quantitative estimate of drug-likeness (QED) is 0.134. The second kappa shape index (κ2) is 20.2. The average molecular weight is 384 g/mol. The summed E-state index contributed by atoms with van der Waals surface area (Å²) in [7, 11) is 0. The molecule has 0 saturated carbocycles. The summed E-state index contributed by atoms with van der Waals surface area (Å²) in [6.45, 7) is 6.47. The topological polar surface area (TPSA) is 52.3 Å². The first-order valence-corrected chi connectivity index (χ1v) is 12.1. The van der Waals surface area contributed by atoms with Gasteiger partial charge in [-0.3, -0.25) is 10.5 Å². The van der Waals surface area contributed by atoms with Gasteiger partial charge in [-0.2, -0.15) is 0 Å². The Kier molecular flexibility index (Phi) is 19.7. The number of carbonyl (C=O) groups is 1. The van der Waals surface area contributed by atoms with Crippen molar-refractivity contribution in [3.05, 3.63) is 0 Å². The molecule has 0 aromatic heterocycles. The van der Waals surface area contributed by atoms with Crippen LogP contribution in [0, 0.1) is 5.92 Å². The second-order valence-electron chi connectivity index (χ2n) is 8.23. The van der Waals surface area contributed by atoms with Crippen molar-refractivity contribution in [3.8, 4) is 0 Å². The number of esters is 1. The van der Waals surface area contributed by atoms with Crippen molar-refractivity contribution < 1.29 is 9.53 Å². The van der Waals surface area contributed by atoms with Crippen LogP contribution in [0.3, 0.4) is 0 Å². The molecule has 0 rings (SSSR count). The van der Waals surface area contributed by atoms with Gasteiger partial charge in [0, 0.05) is 12.3 Å². The number of hydrogen-bond donors (Lipinski definition) is 1. The molecule has 0 aromatic rings. The molecule has 0 amide bonds. The molecule has 1 atom stereocenters. The molecule has 3 heteroatoms. The SMILES string of the molecule is CCCCCCCCCCCCCCCCCC(=O)OC(N)C(CC)CC. The average Bonchev–Trinajstić information content (AvgIpc) is 2.65. The molecular weight excluding hydrogens is 334 g/mol. The number of nitrogens with two attached hydrogens (primary N) is 1. The predicted octanol–water partition coefficient (Wildman–Crippen LogP) is 7.51. The van der Waals surface area contributed by atoms with E-state index in [0.29, 0.717) is 6.42 Å². The summed E-state index contributed by atoms with van der Waals surface area (Å²) in [5.41, 5.74) is 5.95. The Labute approximate surface area is 170 Å². The van der Waals surface area contributed by atoms with Crippen LogP contribution in [0.15, 0.2) is 0 Å². The van der Waals surface area contributed by atoms with Gasteiger partial charge in [0.1, 0.15) is 0 Å². The van der Waals surface area contributed by atoms with Crippen molar-refractivity contribution in [2.75, 3.05) is 0 Å². The summed E-state index contributed by atoms with van der Waals surface area (Å²) in [4.78, 5) is 11.8. The van der Waals surface area contributed by atoms with Crippen LogP contribution >= 0.6 is 0 Å². The molecule has 0 aromatic carbocycles. The van der Waals surface area contributed by atoms with Gasteiger partial charge in [-0.15, -0.1) is 0 Å². The number of rotatable bonds is 20. The Hall–Kier alpha value is -0.570. The first kappa shape index (κ1) is 26.4. The molecule has 0 fully saturated rings. The molecule has 0 heterocycles. The standard InChI is InChI=1S/C24H49NO2/c1-4-7-8-9-10-11-12-13-14-15-16-17-18-19-20-21-23(26)27-24(25)22(5-2)6-3/h22,24H,4-21,25H2,1-3H3. The largest absolute Gasteiger partial charge is 0.446 e. The second-order valence-corrected chi connectivity index (χ2v) is 8.23. The van der Waals surface area contributed by atoms with E-state index in [1.54, 1.807) is 0 Å². The molecule has 1 unspecified atom stereocenters. The van der Waals surface area contributed by atoms with E-state index in [1.165, 1.54) is 83.5 Å². The summed E-state index contributed by atoms with van der Waals surface area (Å²) in [5, 5.41) is 0. The molecule has 0 aliphatic rings. The monoisotopic (exact) mass is 383 g/mol. The van der Waals surface area contributed by atoms with Gasteiger partial charge in [0.15, 0.2) is 6.23 Å². The Morgan fingerprint density at radius 3 is 1.41 bits per heavy atom. The van der Waals surface area contributed by atoms with Crippen LogP contribution in [-0.4, -0.2) is 12.2 Å². The van der Waals surface area contributed by atoms with E-state index in [1.807, 2.05) is 0 Å². The minimum Gasteiger partial charge on any atom is -0.446 e. The van der Waals surface area contributed by atoms with Gasteiger partial charge in [-0.25, -0.2) is 0 Å². The molecule has 2 N–H and O–H groups in total. The summed E-state index contributed by atoms with van der Waals surface area (Å²) in [6, 6.07) is 0. The van der Waals surface area contributed by atoms with Crippen molar-refractivity contribution in [2.45, 2.75) is 143 Å². The van der Waals surface area contributed by atoms with E-state index >= 15 is 0 Å². The van der Waals surface area contributed by atoms with Crippen molar-refractivity contribution in [1.29, 1.82) is 0 Å². The summed E-state index contributed by atoms with van der Waals surface area (Å²) < 4.78 is 5.35. The highest BCUT2D eigenvalue weighted by molar-refractivity contribution is 5.69. The number of unbranched alkanes of at least 4 members (excludes halogenated alkanes) is 14. The fourth-order valence-electron chi connectivity index (χ4n) is 3.70. The van der Waals surface area contributed by atoms with Gasteiger partial charge in [0.2, 0.25) is 0 Å². The highest BCUT2D eigenvalue weighted by Gasteiger charge is 2.17. The highest BCUT2D eigenvalue weighted by Crippen LogP contribution is 2.15.